The number of aromatic nitrogens is 4. The van der Waals surface area contributed by atoms with Crippen molar-refractivity contribution in [3.05, 3.63) is 65.5 Å². The Morgan fingerprint density at radius 1 is 1.03 bits per heavy atom. The Morgan fingerprint density at radius 3 is 2.56 bits per heavy atom. The molecule has 1 N–H and O–H groups in total. The molecule has 0 atom stereocenters. The van der Waals surface area contributed by atoms with Crippen LogP contribution in [0.15, 0.2) is 53.6 Å². The zero-order chi connectivity index (χ0) is 23.5. The van der Waals surface area contributed by atoms with Crippen LogP contribution in [0.25, 0.3) is 11.2 Å². The maximum Gasteiger partial charge on any atom is 0.229 e. The van der Waals surface area contributed by atoms with Gasteiger partial charge in [-0.3, -0.25) is 0 Å². The molecule has 0 saturated carbocycles. The summed E-state index contributed by atoms with van der Waals surface area (Å²) in [7, 11) is 1.65. The zero-order valence-corrected chi connectivity index (χ0v) is 19.5. The summed E-state index contributed by atoms with van der Waals surface area (Å²) < 4.78 is 12.6. The number of nitrogens with zero attached hydrogens (tertiary/aromatic N) is 6. The summed E-state index contributed by atoms with van der Waals surface area (Å²) in [5.74, 6) is 2.77. The molecular weight excluding hydrogens is 430 g/mol. The smallest absolute Gasteiger partial charge is 0.229 e. The van der Waals surface area contributed by atoms with Crippen molar-refractivity contribution in [2.24, 2.45) is 5.10 Å². The van der Waals surface area contributed by atoms with E-state index in [9.17, 15) is 0 Å². The molecule has 34 heavy (non-hydrogen) atoms. The Bertz CT molecular complexity index is 1330. The third kappa shape index (κ3) is 4.55. The van der Waals surface area contributed by atoms with E-state index in [4.69, 9.17) is 29.5 Å². The summed E-state index contributed by atoms with van der Waals surface area (Å²) in [5, 5.41) is 8.12. The number of morpholine rings is 1. The molecule has 1 aliphatic heterocycles. The minimum Gasteiger partial charge on any atom is -0.497 e. The molecule has 174 valence electrons. The van der Waals surface area contributed by atoms with Crippen LogP contribution in [-0.2, 0) is 4.74 Å². The van der Waals surface area contributed by atoms with Gasteiger partial charge in [0.1, 0.15) is 11.6 Å². The molecule has 1 aliphatic rings. The fourth-order valence-corrected chi connectivity index (χ4v) is 3.86. The number of ether oxygens (including phenoxy) is 2. The normalized spacial score (nSPS) is 14.1. The number of nitrogens with one attached hydrogen (secondary N) is 1. The van der Waals surface area contributed by atoms with Crippen molar-refractivity contribution < 1.29 is 9.47 Å². The molecule has 5 rings (SSSR count). The number of anilines is 3. The van der Waals surface area contributed by atoms with Crippen molar-refractivity contribution in [2.75, 3.05) is 43.6 Å². The van der Waals surface area contributed by atoms with Crippen molar-refractivity contribution in [1.29, 1.82) is 0 Å². The molecule has 1 fully saturated rings. The van der Waals surface area contributed by atoms with Gasteiger partial charge in [0, 0.05) is 18.8 Å². The van der Waals surface area contributed by atoms with Gasteiger partial charge in [0.25, 0.3) is 0 Å². The number of hydrogen-bond acceptors (Lipinski definition) is 8. The van der Waals surface area contributed by atoms with Gasteiger partial charge >= 0.3 is 0 Å². The van der Waals surface area contributed by atoms with Crippen LogP contribution in [-0.4, -0.2) is 59.3 Å². The van der Waals surface area contributed by atoms with Gasteiger partial charge in [0.2, 0.25) is 5.95 Å². The van der Waals surface area contributed by atoms with Crippen molar-refractivity contribution in [3.63, 3.8) is 0 Å². The summed E-state index contributed by atoms with van der Waals surface area (Å²) in [5.41, 5.74) is 4.38. The first-order valence-electron chi connectivity index (χ1n) is 11.2. The molecule has 0 amide bonds. The van der Waals surface area contributed by atoms with E-state index in [0.29, 0.717) is 36.1 Å². The average molecular weight is 458 g/mol. The van der Waals surface area contributed by atoms with Gasteiger partial charge in [-0.05, 0) is 43.7 Å². The van der Waals surface area contributed by atoms with E-state index >= 15 is 0 Å². The molecule has 2 aromatic heterocycles. The molecule has 4 aromatic rings. The van der Waals surface area contributed by atoms with Gasteiger partial charge in [0.05, 0.1) is 26.5 Å². The fraction of sp³-hybridized carbons (Fsp3) is 0.280. The van der Waals surface area contributed by atoms with Crippen molar-refractivity contribution in [1.82, 2.24) is 19.6 Å². The van der Waals surface area contributed by atoms with Crippen LogP contribution in [0.4, 0.5) is 17.5 Å². The van der Waals surface area contributed by atoms with Crippen LogP contribution in [0.2, 0.25) is 0 Å². The second-order valence-corrected chi connectivity index (χ2v) is 8.13. The van der Waals surface area contributed by atoms with Crippen molar-refractivity contribution in [2.45, 2.75) is 13.8 Å². The van der Waals surface area contributed by atoms with E-state index in [1.165, 1.54) is 5.56 Å². The van der Waals surface area contributed by atoms with E-state index in [1.54, 1.807) is 11.8 Å². The molecule has 0 unspecified atom stereocenters. The van der Waals surface area contributed by atoms with Gasteiger partial charge in [0.15, 0.2) is 17.0 Å². The Hall–Kier alpha value is -3.98. The lowest BCUT2D eigenvalue weighted by Gasteiger charge is -2.27. The molecule has 2 aromatic carbocycles. The van der Waals surface area contributed by atoms with Crippen LogP contribution in [0.1, 0.15) is 17.0 Å². The fourth-order valence-electron chi connectivity index (χ4n) is 3.86. The highest BCUT2D eigenvalue weighted by Crippen LogP contribution is 2.28. The lowest BCUT2D eigenvalue weighted by Crippen LogP contribution is -2.37. The van der Waals surface area contributed by atoms with Gasteiger partial charge < -0.3 is 19.7 Å². The minimum absolute atomic E-state index is 0.624. The van der Waals surface area contributed by atoms with Gasteiger partial charge in [-0.15, -0.1) is 0 Å². The first-order valence-corrected chi connectivity index (χ1v) is 11.2. The zero-order valence-electron chi connectivity index (χ0n) is 19.5. The van der Waals surface area contributed by atoms with E-state index in [0.717, 1.165) is 35.9 Å². The summed E-state index contributed by atoms with van der Waals surface area (Å²) in [4.78, 5) is 16.6. The minimum atomic E-state index is 0.624. The van der Waals surface area contributed by atoms with Crippen LogP contribution in [0.5, 0.6) is 5.75 Å². The number of rotatable bonds is 6. The summed E-state index contributed by atoms with van der Waals surface area (Å²) >= 11 is 0. The Kier molecular flexibility index (Phi) is 6.09. The maximum absolute atomic E-state index is 5.52. The second-order valence-electron chi connectivity index (χ2n) is 8.13. The topological polar surface area (TPSA) is 89.7 Å². The standard InChI is InChI=1S/C25H27N7O2/c1-17-5-4-6-19(15-17)16-26-32-18(2)27-22-23(28-20-7-9-21(33-3)10-8-20)29-25(30-24(22)32)31-11-13-34-14-12-31/h4-10,15-16H,11-14H2,1-3H3,(H,28,29,30). The highest BCUT2D eigenvalue weighted by molar-refractivity contribution is 5.88. The largest absolute Gasteiger partial charge is 0.497 e. The van der Waals surface area contributed by atoms with E-state index in [1.807, 2.05) is 49.5 Å². The van der Waals surface area contributed by atoms with E-state index in [2.05, 4.69) is 29.3 Å². The molecular formula is C25H27N7O2. The Labute approximate surface area is 198 Å². The summed E-state index contributed by atoms with van der Waals surface area (Å²) in [6.45, 7) is 6.73. The Balaban J connectivity index is 1.58. The second kappa shape index (κ2) is 9.48. The first-order chi connectivity index (χ1) is 16.6. The lowest BCUT2D eigenvalue weighted by atomic mass is 10.2. The molecule has 0 bridgehead atoms. The number of aryl methyl sites for hydroxylation is 2. The van der Waals surface area contributed by atoms with Crippen LogP contribution in [0.3, 0.4) is 0 Å². The SMILES string of the molecule is COc1ccc(Nc2nc(N3CCOCC3)nc3c2nc(C)n3N=Cc2cccc(C)c2)cc1. The predicted octanol–water partition coefficient (Wildman–Crippen LogP) is 3.91. The highest BCUT2D eigenvalue weighted by Gasteiger charge is 2.21. The molecule has 3 heterocycles. The quantitative estimate of drug-likeness (QED) is 0.439. The van der Waals surface area contributed by atoms with Crippen LogP contribution >= 0.6 is 0 Å². The third-order valence-electron chi connectivity index (χ3n) is 5.65. The van der Waals surface area contributed by atoms with Gasteiger partial charge in [-0.25, -0.2) is 4.98 Å². The van der Waals surface area contributed by atoms with E-state index < -0.39 is 0 Å². The van der Waals surface area contributed by atoms with Crippen LogP contribution < -0.4 is 15.0 Å². The molecule has 1 saturated heterocycles. The predicted molar refractivity (Wildman–Crippen MR) is 134 cm³/mol. The van der Waals surface area contributed by atoms with Crippen molar-refractivity contribution >= 4 is 34.8 Å². The first kappa shape index (κ1) is 21.8. The summed E-state index contributed by atoms with van der Waals surface area (Å²) in [6, 6.07) is 15.9. The summed E-state index contributed by atoms with van der Waals surface area (Å²) in [6.07, 6.45) is 1.83. The maximum atomic E-state index is 5.52. The molecule has 0 aliphatic carbocycles. The average Bonchev–Trinajstić information content (AvgIpc) is 3.19. The van der Waals surface area contributed by atoms with Gasteiger partial charge in [-0.2, -0.15) is 19.7 Å². The number of fused-ring (bicyclic) bond motifs is 1. The monoisotopic (exact) mass is 457 g/mol. The molecule has 0 spiro atoms. The number of hydrogen-bond donors (Lipinski definition) is 1. The molecule has 9 heteroatoms. The van der Waals surface area contributed by atoms with Crippen LogP contribution in [0, 0.1) is 13.8 Å². The number of methoxy groups -OCH3 is 1. The number of benzene rings is 2. The van der Waals surface area contributed by atoms with E-state index in [-0.39, 0.29) is 0 Å². The molecule has 0 radical (unpaired) electrons. The van der Waals surface area contributed by atoms with Gasteiger partial charge in [-0.1, -0.05) is 29.8 Å². The Morgan fingerprint density at radius 2 is 1.82 bits per heavy atom. The van der Waals surface area contributed by atoms with Crippen molar-refractivity contribution in [3.8, 4) is 5.75 Å². The highest BCUT2D eigenvalue weighted by atomic mass is 16.5. The molecule has 9 nitrogen and oxygen atoms in total. The lowest BCUT2D eigenvalue weighted by molar-refractivity contribution is 0.122. The third-order valence-corrected chi connectivity index (χ3v) is 5.65. The number of imidazole rings is 1.